The normalized spacial score (nSPS) is 12.5. The second kappa shape index (κ2) is 9.46. The van der Waals surface area contributed by atoms with E-state index in [1.165, 1.54) is 10.9 Å². The van der Waals surface area contributed by atoms with Crippen LogP contribution < -0.4 is 10.6 Å². The van der Waals surface area contributed by atoms with Crippen LogP contribution in [-0.4, -0.2) is 17.5 Å². The largest absolute Gasteiger partial charge is 0.357 e. The number of aromatic amines is 1. The summed E-state index contributed by atoms with van der Waals surface area (Å²) in [4.78, 5) is 8.12. The third kappa shape index (κ3) is 5.22. The Bertz CT molecular complexity index is 778. The van der Waals surface area contributed by atoms with Crippen LogP contribution in [0.25, 0.3) is 10.9 Å². The predicted molar refractivity (Wildman–Crippen MR) is 117 cm³/mol. The van der Waals surface area contributed by atoms with Gasteiger partial charge in [-0.3, -0.25) is 0 Å². The molecule has 4 nitrogen and oxygen atoms in total. The quantitative estimate of drug-likeness (QED) is 0.304. The van der Waals surface area contributed by atoms with Crippen LogP contribution in [0.5, 0.6) is 0 Å². The number of nitrogens with one attached hydrogen (secondary N) is 3. The molecular formula is C20H25IN4. The number of aromatic nitrogens is 1. The second-order valence-electron chi connectivity index (χ2n) is 5.85. The van der Waals surface area contributed by atoms with E-state index >= 15 is 0 Å². The van der Waals surface area contributed by atoms with Crippen LogP contribution in [0.1, 0.15) is 31.1 Å². The molecule has 1 heterocycles. The maximum Gasteiger partial charge on any atom is 0.192 e. The first-order valence-corrected chi connectivity index (χ1v) is 8.42. The number of fused-ring (bicyclic) bond motifs is 1. The molecule has 25 heavy (non-hydrogen) atoms. The van der Waals surface area contributed by atoms with Crippen molar-refractivity contribution in [2.24, 2.45) is 4.99 Å². The van der Waals surface area contributed by atoms with Crippen molar-refractivity contribution < 1.29 is 0 Å². The van der Waals surface area contributed by atoms with E-state index in [1.807, 2.05) is 12.1 Å². The summed E-state index contributed by atoms with van der Waals surface area (Å²) < 4.78 is 0. The molecule has 3 rings (SSSR count). The van der Waals surface area contributed by atoms with Crippen LogP contribution >= 0.6 is 24.0 Å². The van der Waals surface area contributed by atoms with Gasteiger partial charge in [-0.2, -0.15) is 0 Å². The molecular weight excluding hydrogens is 423 g/mol. The highest BCUT2D eigenvalue weighted by Gasteiger charge is 2.07. The van der Waals surface area contributed by atoms with Gasteiger partial charge in [0, 0.05) is 17.8 Å². The average Bonchev–Trinajstić information content (AvgIpc) is 3.03. The second-order valence-corrected chi connectivity index (χ2v) is 5.85. The maximum absolute atomic E-state index is 4.71. The van der Waals surface area contributed by atoms with Gasteiger partial charge in [-0.15, -0.1) is 24.0 Å². The summed E-state index contributed by atoms with van der Waals surface area (Å²) in [6, 6.07) is 21.0. The lowest BCUT2D eigenvalue weighted by atomic mass is 10.1. The summed E-state index contributed by atoms with van der Waals surface area (Å²) in [5, 5.41) is 8.00. The lowest BCUT2D eigenvalue weighted by molar-refractivity contribution is 0.686. The molecule has 0 aliphatic rings. The van der Waals surface area contributed by atoms with E-state index in [4.69, 9.17) is 4.99 Å². The lowest BCUT2D eigenvalue weighted by Crippen LogP contribution is -2.38. The van der Waals surface area contributed by atoms with Gasteiger partial charge >= 0.3 is 0 Å². The van der Waals surface area contributed by atoms with Crippen LogP contribution in [0.2, 0.25) is 0 Å². The topological polar surface area (TPSA) is 52.2 Å². The third-order valence-electron chi connectivity index (χ3n) is 3.99. The number of hydrogen-bond donors (Lipinski definition) is 3. The molecule has 0 saturated carbocycles. The van der Waals surface area contributed by atoms with Crippen molar-refractivity contribution in [2.45, 2.75) is 26.4 Å². The number of guanidine groups is 1. The Labute approximate surface area is 166 Å². The first-order chi connectivity index (χ1) is 11.8. The van der Waals surface area contributed by atoms with Crippen molar-refractivity contribution in [3.63, 3.8) is 0 Å². The average molecular weight is 448 g/mol. The van der Waals surface area contributed by atoms with Crippen molar-refractivity contribution >= 4 is 40.8 Å². The lowest BCUT2D eigenvalue weighted by Gasteiger charge is -2.18. The van der Waals surface area contributed by atoms with E-state index in [1.54, 1.807) is 0 Å². The molecule has 132 valence electrons. The molecule has 0 fully saturated rings. The fourth-order valence-corrected chi connectivity index (χ4v) is 2.73. The van der Waals surface area contributed by atoms with E-state index < -0.39 is 0 Å². The number of aliphatic imine (C=N–C) groups is 1. The molecule has 5 heteroatoms. The number of halogens is 1. The molecule has 0 radical (unpaired) electrons. The van der Waals surface area contributed by atoms with Gasteiger partial charge in [0.15, 0.2) is 5.96 Å². The van der Waals surface area contributed by atoms with Gasteiger partial charge in [-0.1, -0.05) is 48.5 Å². The fraction of sp³-hybridized carbons (Fsp3) is 0.250. The van der Waals surface area contributed by atoms with E-state index in [0.717, 1.165) is 23.7 Å². The van der Waals surface area contributed by atoms with Crippen LogP contribution in [-0.2, 0) is 6.54 Å². The maximum atomic E-state index is 4.71. The number of nitrogens with zero attached hydrogens (tertiary/aromatic N) is 1. The number of para-hydroxylation sites is 1. The van der Waals surface area contributed by atoms with Gasteiger partial charge in [-0.25, -0.2) is 4.99 Å². The van der Waals surface area contributed by atoms with Gasteiger partial charge in [0.05, 0.1) is 12.6 Å². The fourth-order valence-electron chi connectivity index (χ4n) is 2.73. The molecule has 1 unspecified atom stereocenters. The minimum Gasteiger partial charge on any atom is -0.357 e. The molecule has 2 aromatic carbocycles. The highest BCUT2D eigenvalue weighted by molar-refractivity contribution is 14.0. The first-order valence-electron chi connectivity index (χ1n) is 8.42. The number of rotatable bonds is 5. The Morgan fingerprint density at radius 2 is 1.80 bits per heavy atom. The molecule has 0 bridgehead atoms. The third-order valence-corrected chi connectivity index (χ3v) is 3.99. The molecule has 1 aromatic heterocycles. The zero-order valence-corrected chi connectivity index (χ0v) is 17.0. The molecule has 3 N–H and O–H groups in total. The minimum absolute atomic E-state index is 0. The summed E-state index contributed by atoms with van der Waals surface area (Å²) in [5.74, 6) is 0.826. The molecule has 0 saturated heterocycles. The zero-order valence-electron chi connectivity index (χ0n) is 14.6. The molecule has 0 aliphatic heterocycles. The van der Waals surface area contributed by atoms with Crippen molar-refractivity contribution in [1.82, 2.24) is 15.6 Å². The van der Waals surface area contributed by atoms with Crippen molar-refractivity contribution in [2.75, 3.05) is 6.54 Å². The molecule has 0 amide bonds. The highest BCUT2D eigenvalue weighted by atomic mass is 127. The van der Waals surface area contributed by atoms with Crippen molar-refractivity contribution in [3.8, 4) is 0 Å². The Hall–Kier alpha value is -2.02. The van der Waals surface area contributed by atoms with Gasteiger partial charge in [0.1, 0.15) is 0 Å². The molecule has 3 aromatic rings. The molecule has 1 atom stereocenters. The number of hydrogen-bond acceptors (Lipinski definition) is 1. The number of benzene rings is 2. The van der Waals surface area contributed by atoms with E-state index in [-0.39, 0.29) is 30.0 Å². The van der Waals surface area contributed by atoms with Crippen LogP contribution in [0, 0.1) is 0 Å². The Morgan fingerprint density at radius 3 is 2.52 bits per heavy atom. The van der Waals surface area contributed by atoms with Gasteiger partial charge < -0.3 is 15.6 Å². The van der Waals surface area contributed by atoms with E-state index in [2.05, 4.69) is 78.0 Å². The van der Waals surface area contributed by atoms with Crippen molar-refractivity contribution in [1.29, 1.82) is 0 Å². The monoisotopic (exact) mass is 448 g/mol. The summed E-state index contributed by atoms with van der Waals surface area (Å²) >= 11 is 0. The predicted octanol–water partition coefficient (Wildman–Crippen LogP) is 4.60. The van der Waals surface area contributed by atoms with E-state index in [0.29, 0.717) is 6.54 Å². The summed E-state index contributed by atoms with van der Waals surface area (Å²) in [7, 11) is 0. The Kier molecular flexibility index (Phi) is 7.31. The highest BCUT2D eigenvalue weighted by Crippen LogP contribution is 2.15. The van der Waals surface area contributed by atoms with Crippen LogP contribution in [0.15, 0.2) is 65.7 Å². The molecule has 0 spiro atoms. The Balaban J connectivity index is 0.00000225. The zero-order chi connectivity index (χ0) is 16.8. The Morgan fingerprint density at radius 1 is 1.08 bits per heavy atom. The van der Waals surface area contributed by atoms with Gasteiger partial charge in [0.2, 0.25) is 0 Å². The van der Waals surface area contributed by atoms with Crippen molar-refractivity contribution in [3.05, 3.63) is 71.9 Å². The van der Waals surface area contributed by atoms with Crippen LogP contribution in [0.3, 0.4) is 0 Å². The summed E-state index contributed by atoms with van der Waals surface area (Å²) in [6.07, 6.45) is 0. The molecule has 0 aliphatic carbocycles. The number of H-pyrrole nitrogens is 1. The SMILES string of the molecule is CCNC(=NCc1cc2ccccc2[nH]1)NC(C)c1ccccc1.I. The summed E-state index contributed by atoms with van der Waals surface area (Å²) in [6.45, 7) is 5.67. The van der Waals surface area contributed by atoms with Gasteiger partial charge in [0.25, 0.3) is 0 Å². The first kappa shape index (κ1) is 19.3. The standard InChI is InChI=1S/C20H24N4.HI/c1-3-21-20(23-15(2)16-9-5-4-6-10-16)22-14-18-13-17-11-7-8-12-19(17)24-18;/h4-13,15,24H,3,14H2,1-2H3,(H2,21,22,23);1H. The minimum atomic E-state index is 0. The van der Waals surface area contributed by atoms with Crippen LogP contribution in [0.4, 0.5) is 0 Å². The smallest absolute Gasteiger partial charge is 0.192 e. The summed E-state index contributed by atoms with van der Waals surface area (Å²) in [5.41, 5.74) is 3.51. The van der Waals surface area contributed by atoms with E-state index in [9.17, 15) is 0 Å². The van der Waals surface area contributed by atoms with Gasteiger partial charge in [-0.05, 0) is 36.9 Å².